The normalized spacial score (nSPS) is 42.2. The lowest BCUT2D eigenvalue weighted by Crippen LogP contribution is -2.54. The van der Waals surface area contributed by atoms with Crippen molar-refractivity contribution in [3.05, 3.63) is 11.6 Å². The number of fused-ring (bicyclic) bond motifs is 5. The molecule has 1 saturated heterocycles. The molecule has 0 aromatic heterocycles. The summed E-state index contributed by atoms with van der Waals surface area (Å²) in [6.45, 7) is 11.6. The van der Waals surface area contributed by atoms with Crippen molar-refractivity contribution in [2.75, 3.05) is 11.5 Å². The maximum Gasteiger partial charge on any atom is 0.302 e. The van der Waals surface area contributed by atoms with Crippen LogP contribution in [0.4, 0.5) is 0 Å². The molecule has 0 aromatic rings. The molecule has 1 aliphatic heterocycles. The van der Waals surface area contributed by atoms with Crippen LogP contribution in [0.15, 0.2) is 11.6 Å². The highest BCUT2D eigenvalue weighted by Gasteiger charge is 2.62. The minimum absolute atomic E-state index is 0.102. The molecule has 3 saturated carbocycles. The Morgan fingerprint density at radius 3 is 2.54 bits per heavy atom. The molecule has 8 atom stereocenters. The maximum atomic E-state index is 11.7. The summed E-state index contributed by atoms with van der Waals surface area (Å²) in [7, 11) is 0. The Morgan fingerprint density at radius 1 is 1.06 bits per heavy atom. The molecule has 0 spiro atoms. The van der Waals surface area contributed by atoms with Crippen molar-refractivity contribution in [2.24, 2.45) is 46.3 Å². The summed E-state index contributed by atoms with van der Waals surface area (Å²) in [6, 6.07) is 0. The standard InChI is InChI=1S/C31H50O2S2/c1-20(2)7-6-8-21(3)26-11-12-27-25-10-9-23-19-24(33-22(4)32)13-16-31(23,29-34-17-18-35-29)28(25)14-15-30(26,27)5/h9,20-21,24-29H,6-8,10-19H2,1-5H3/t21-,24+,25+,26-,27+,28+,30-,31-/m1/s1. The average molecular weight is 519 g/mol. The molecule has 0 bridgehead atoms. The average Bonchev–Trinajstić information content (AvgIpc) is 3.46. The predicted molar refractivity (Wildman–Crippen MR) is 152 cm³/mol. The van der Waals surface area contributed by atoms with Gasteiger partial charge in [-0.25, -0.2) is 0 Å². The topological polar surface area (TPSA) is 26.3 Å². The highest BCUT2D eigenvalue weighted by Crippen LogP contribution is 2.70. The summed E-state index contributed by atoms with van der Waals surface area (Å²) in [5.74, 6) is 7.80. The Hall–Kier alpha value is -0.0900. The highest BCUT2D eigenvalue weighted by molar-refractivity contribution is 8.20. The van der Waals surface area contributed by atoms with E-state index in [9.17, 15) is 4.79 Å². The van der Waals surface area contributed by atoms with Gasteiger partial charge in [-0.05, 0) is 85.9 Å². The van der Waals surface area contributed by atoms with Crippen LogP contribution in [0, 0.1) is 46.3 Å². The number of esters is 1. The highest BCUT2D eigenvalue weighted by atomic mass is 32.2. The van der Waals surface area contributed by atoms with Crippen molar-refractivity contribution in [1.82, 2.24) is 0 Å². The van der Waals surface area contributed by atoms with E-state index in [1.165, 1.54) is 69.3 Å². The first-order chi connectivity index (χ1) is 16.8. The largest absolute Gasteiger partial charge is 0.462 e. The molecule has 1 heterocycles. The number of rotatable bonds is 7. The van der Waals surface area contributed by atoms with E-state index in [1.807, 2.05) is 0 Å². The van der Waals surface area contributed by atoms with Gasteiger partial charge in [-0.1, -0.05) is 58.6 Å². The van der Waals surface area contributed by atoms with Gasteiger partial charge in [0.05, 0.1) is 4.58 Å². The second-order valence-corrected chi connectivity index (χ2v) is 16.2. The molecule has 4 fully saturated rings. The van der Waals surface area contributed by atoms with Gasteiger partial charge < -0.3 is 4.74 Å². The summed E-state index contributed by atoms with van der Waals surface area (Å²) in [4.78, 5) is 11.7. The lowest BCUT2D eigenvalue weighted by molar-refractivity contribution is -0.148. The van der Waals surface area contributed by atoms with Gasteiger partial charge >= 0.3 is 5.97 Å². The molecular formula is C31H50O2S2. The van der Waals surface area contributed by atoms with E-state index < -0.39 is 0 Å². The number of carbonyl (C=O) groups excluding carboxylic acids is 1. The van der Waals surface area contributed by atoms with Crippen molar-refractivity contribution in [3.8, 4) is 0 Å². The van der Waals surface area contributed by atoms with Crippen molar-refractivity contribution in [2.45, 2.75) is 116 Å². The van der Waals surface area contributed by atoms with Crippen LogP contribution in [-0.4, -0.2) is 28.2 Å². The molecular weight excluding hydrogens is 468 g/mol. The molecule has 0 amide bonds. The third-order valence-corrected chi connectivity index (χ3v) is 14.6. The Morgan fingerprint density at radius 2 is 1.83 bits per heavy atom. The van der Waals surface area contributed by atoms with Crippen molar-refractivity contribution < 1.29 is 9.53 Å². The summed E-state index contributed by atoms with van der Waals surface area (Å²) < 4.78 is 6.48. The van der Waals surface area contributed by atoms with E-state index in [0.717, 1.165) is 52.9 Å². The molecule has 0 unspecified atom stereocenters. The van der Waals surface area contributed by atoms with Crippen LogP contribution in [0.2, 0.25) is 0 Å². The van der Waals surface area contributed by atoms with Gasteiger partial charge in [-0.2, -0.15) is 0 Å². The first kappa shape index (κ1) is 26.5. The Labute approximate surface area is 223 Å². The third-order valence-electron chi connectivity index (χ3n) is 11.2. The second kappa shape index (κ2) is 10.6. The number of hydrogen-bond donors (Lipinski definition) is 0. The lowest BCUT2D eigenvalue weighted by Gasteiger charge is -2.61. The number of thioether (sulfide) groups is 2. The zero-order chi connectivity index (χ0) is 24.8. The fourth-order valence-electron chi connectivity index (χ4n) is 9.79. The van der Waals surface area contributed by atoms with Crippen LogP contribution >= 0.6 is 23.5 Å². The molecule has 4 heteroatoms. The van der Waals surface area contributed by atoms with Crippen LogP contribution in [0.5, 0.6) is 0 Å². The van der Waals surface area contributed by atoms with Crippen LogP contribution in [0.25, 0.3) is 0 Å². The molecule has 2 nitrogen and oxygen atoms in total. The Kier molecular flexibility index (Phi) is 8.02. The first-order valence-corrected chi connectivity index (χ1v) is 17.0. The van der Waals surface area contributed by atoms with E-state index in [0.29, 0.717) is 10.8 Å². The fourth-order valence-corrected chi connectivity index (χ4v) is 13.4. The zero-order valence-corrected chi connectivity index (χ0v) is 24.7. The van der Waals surface area contributed by atoms with E-state index >= 15 is 0 Å². The molecule has 5 aliphatic rings. The summed E-state index contributed by atoms with van der Waals surface area (Å²) in [6.07, 6.45) is 17.4. The van der Waals surface area contributed by atoms with E-state index in [-0.39, 0.29) is 12.1 Å². The van der Waals surface area contributed by atoms with E-state index in [4.69, 9.17) is 4.74 Å². The maximum absolute atomic E-state index is 11.7. The van der Waals surface area contributed by atoms with Crippen molar-refractivity contribution in [3.63, 3.8) is 0 Å². The van der Waals surface area contributed by atoms with Crippen LogP contribution in [-0.2, 0) is 9.53 Å². The smallest absolute Gasteiger partial charge is 0.302 e. The molecule has 4 aliphatic carbocycles. The van der Waals surface area contributed by atoms with Gasteiger partial charge in [-0.15, -0.1) is 23.5 Å². The van der Waals surface area contributed by atoms with Crippen LogP contribution in [0.1, 0.15) is 105 Å². The third kappa shape index (κ3) is 4.79. The lowest BCUT2D eigenvalue weighted by atomic mass is 9.46. The second-order valence-electron chi connectivity index (χ2n) is 13.5. The molecule has 198 valence electrons. The summed E-state index contributed by atoms with van der Waals surface area (Å²) in [5, 5.41) is 0. The number of carbonyl (C=O) groups is 1. The van der Waals surface area contributed by atoms with E-state index in [1.54, 1.807) is 12.5 Å². The molecule has 35 heavy (non-hydrogen) atoms. The van der Waals surface area contributed by atoms with Crippen LogP contribution in [0.3, 0.4) is 0 Å². The van der Waals surface area contributed by atoms with Gasteiger partial charge in [0, 0.05) is 30.3 Å². The van der Waals surface area contributed by atoms with Crippen molar-refractivity contribution >= 4 is 29.5 Å². The first-order valence-electron chi connectivity index (χ1n) is 14.9. The quantitative estimate of drug-likeness (QED) is 0.248. The monoisotopic (exact) mass is 518 g/mol. The molecule has 0 N–H and O–H groups in total. The van der Waals surface area contributed by atoms with Gasteiger partial charge in [0.15, 0.2) is 0 Å². The van der Waals surface area contributed by atoms with Crippen molar-refractivity contribution in [1.29, 1.82) is 0 Å². The van der Waals surface area contributed by atoms with Gasteiger partial charge in [0.2, 0.25) is 0 Å². The summed E-state index contributed by atoms with van der Waals surface area (Å²) in [5.41, 5.74) is 2.59. The molecule has 0 aromatic carbocycles. The molecule has 0 radical (unpaired) electrons. The minimum atomic E-state index is -0.102. The molecule has 5 rings (SSSR count). The number of allylic oxidation sites excluding steroid dienone is 1. The Bertz CT molecular complexity index is 802. The minimum Gasteiger partial charge on any atom is -0.462 e. The predicted octanol–water partition coefficient (Wildman–Crippen LogP) is 8.75. The number of hydrogen-bond acceptors (Lipinski definition) is 4. The van der Waals surface area contributed by atoms with Gasteiger partial charge in [0.25, 0.3) is 0 Å². The van der Waals surface area contributed by atoms with Gasteiger partial charge in [0.1, 0.15) is 6.10 Å². The fraction of sp³-hybridized carbons (Fsp3) is 0.903. The SMILES string of the molecule is CC(=O)O[C@H]1CC[C@@]2(C3SCCS3)C(=CC[C@H]3[C@@H]4CC[C@H]([C@H](C)CCCC(C)C)[C@@]4(C)CC[C@@H]32)C1. The van der Waals surface area contributed by atoms with E-state index in [2.05, 4.69) is 57.3 Å². The zero-order valence-electron chi connectivity index (χ0n) is 23.0. The Balaban J connectivity index is 1.38. The van der Waals surface area contributed by atoms with Gasteiger partial charge in [-0.3, -0.25) is 4.79 Å². The summed E-state index contributed by atoms with van der Waals surface area (Å²) >= 11 is 4.50. The number of ether oxygens (including phenoxy) is 1. The van der Waals surface area contributed by atoms with Crippen LogP contribution < -0.4 is 0 Å².